The SMILES string of the molecule is CC1(C)[C@H](NC(=O)/C(=N\OCC(=O)O)c2cnc(N)s2)C(=O)N1S(=O)(=O)O. The van der Waals surface area contributed by atoms with Crippen molar-refractivity contribution >= 4 is 50.3 Å². The number of aliphatic carboxylic acids is 1. The fourth-order valence-electron chi connectivity index (χ4n) is 2.35. The number of thiazole rings is 1. The first-order valence-corrected chi connectivity index (χ1v) is 9.33. The molecule has 13 nitrogen and oxygen atoms in total. The zero-order valence-corrected chi connectivity index (χ0v) is 15.6. The molecule has 0 unspecified atom stereocenters. The van der Waals surface area contributed by atoms with Crippen LogP contribution in [0, 0.1) is 0 Å². The minimum atomic E-state index is -4.80. The molecule has 0 spiro atoms. The van der Waals surface area contributed by atoms with Gasteiger partial charge in [0.1, 0.15) is 6.04 Å². The smallest absolute Gasteiger partial charge is 0.362 e. The van der Waals surface area contributed by atoms with Gasteiger partial charge in [0, 0.05) is 6.20 Å². The molecule has 1 saturated heterocycles. The van der Waals surface area contributed by atoms with Crippen LogP contribution in [0.25, 0.3) is 0 Å². The molecule has 15 heteroatoms. The molecule has 1 aliphatic rings. The number of nitrogen functional groups attached to an aromatic ring is 1. The fourth-order valence-corrected chi connectivity index (χ4v) is 4.05. The number of carbonyl (C=O) groups excluding carboxylic acids is 2. The minimum Gasteiger partial charge on any atom is -0.479 e. The van der Waals surface area contributed by atoms with E-state index in [4.69, 9.17) is 15.4 Å². The molecule has 2 heterocycles. The van der Waals surface area contributed by atoms with E-state index in [2.05, 4.69) is 20.3 Å². The van der Waals surface area contributed by atoms with Crippen molar-refractivity contribution in [2.75, 3.05) is 12.3 Å². The predicted molar refractivity (Wildman–Crippen MR) is 91.1 cm³/mol. The van der Waals surface area contributed by atoms with E-state index in [0.717, 1.165) is 11.3 Å². The van der Waals surface area contributed by atoms with E-state index < -0.39 is 52.0 Å². The molecular weight excluding hydrogens is 406 g/mol. The average Bonchev–Trinajstić information content (AvgIpc) is 2.93. The highest BCUT2D eigenvalue weighted by Crippen LogP contribution is 2.34. The van der Waals surface area contributed by atoms with Gasteiger partial charge in [-0.25, -0.2) is 14.1 Å². The number of aromatic nitrogens is 1. The molecular formula is C12H15N5O8S2. The quantitative estimate of drug-likeness (QED) is 0.172. The molecule has 1 aromatic heterocycles. The summed E-state index contributed by atoms with van der Waals surface area (Å²) in [4.78, 5) is 43.5. The Morgan fingerprint density at radius 2 is 2.15 bits per heavy atom. The Kier molecular flexibility index (Phi) is 5.39. The maximum absolute atomic E-state index is 12.5. The van der Waals surface area contributed by atoms with Crippen LogP contribution in [0.5, 0.6) is 0 Å². The number of β-lactam (4-membered cyclic amide) rings is 1. The lowest BCUT2D eigenvalue weighted by atomic mass is 9.85. The molecule has 1 atom stereocenters. The third-order valence-corrected chi connectivity index (χ3v) is 5.44. The molecule has 1 fully saturated rings. The molecule has 2 rings (SSSR count). The normalized spacial score (nSPS) is 19.4. The van der Waals surface area contributed by atoms with Crippen molar-refractivity contribution in [2.24, 2.45) is 5.16 Å². The number of carboxylic acid groups (broad SMARTS) is 1. The highest BCUT2D eigenvalue weighted by Gasteiger charge is 2.60. The summed E-state index contributed by atoms with van der Waals surface area (Å²) >= 11 is 0.858. The molecule has 0 aliphatic carbocycles. The van der Waals surface area contributed by atoms with Crippen LogP contribution in [0.15, 0.2) is 11.4 Å². The van der Waals surface area contributed by atoms with Gasteiger partial charge in [-0.2, -0.15) is 8.42 Å². The van der Waals surface area contributed by atoms with Gasteiger partial charge in [-0.1, -0.05) is 16.5 Å². The molecule has 5 N–H and O–H groups in total. The number of nitrogens with one attached hydrogen (secondary N) is 1. The Labute approximate surface area is 156 Å². The second kappa shape index (κ2) is 7.09. The zero-order chi connectivity index (χ0) is 20.6. The first kappa shape index (κ1) is 20.5. The lowest BCUT2D eigenvalue weighted by Crippen LogP contribution is -2.77. The van der Waals surface area contributed by atoms with Crippen molar-refractivity contribution in [2.45, 2.75) is 25.4 Å². The van der Waals surface area contributed by atoms with Crippen LogP contribution in [-0.2, 0) is 29.5 Å². The Hall–Kier alpha value is -2.78. The molecule has 0 bridgehead atoms. The largest absolute Gasteiger partial charge is 0.479 e. The summed E-state index contributed by atoms with van der Waals surface area (Å²) < 4.78 is 31.9. The Morgan fingerprint density at radius 1 is 1.52 bits per heavy atom. The Bertz CT molecular complexity index is 922. The average molecular weight is 421 g/mol. The standard InChI is InChI=1S/C12H15N5O8S2/c1-12(2)8(10(21)17(12)27(22,23)24)15-9(20)7(16-25-4-6(18)19)5-3-14-11(13)26-5/h3,8H,4H2,1-2H3,(H2,13,14)(H,15,20)(H,18,19)(H,22,23,24)/b16-7-/t8-/m1/s1. The third-order valence-electron chi connectivity index (χ3n) is 3.50. The number of nitrogens with two attached hydrogens (primary N) is 1. The van der Waals surface area contributed by atoms with Gasteiger partial charge in [0.2, 0.25) is 6.61 Å². The number of nitrogens with zero attached hydrogens (tertiary/aromatic N) is 3. The van der Waals surface area contributed by atoms with Gasteiger partial charge in [-0.05, 0) is 13.8 Å². The van der Waals surface area contributed by atoms with Crippen LogP contribution >= 0.6 is 11.3 Å². The first-order chi connectivity index (χ1) is 12.4. The van der Waals surface area contributed by atoms with Crippen LogP contribution in [0.1, 0.15) is 18.7 Å². The number of amides is 2. The Balaban J connectivity index is 2.24. The van der Waals surface area contributed by atoms with Crippen molar-refractivity contribution in [1.29, 1.82) is 0 Å². The van der Waals surface area contributed by atoms with Gasteiger partial charge in [-0.3, -0.25) is 14.1 Å². The topological polar surface area (TPSA) is 202 Å². The summed E-state index contributed by atoms with van der Waals surface area (Å²) in [5.74, 6) is -3.34. The molecule has 27 heavy (non-hydrogen) atoms. The van der Waals surface area contributed by atoms with Gasteiger partial charge in [0.05, 0.1) is 10.4 Å². The number of carboxylic acids is 1. The van der Waals surface area contributed by atoms with Gasteiger partial charge in [0.15, 0.2) is 10.8 Å². The van der Waals surface area contributed by atoms with Gasteiger partial charge < -0.3 is 21.0 Å². The summed E-state index contributed by atoms with van der Waals surface area (Å²) in [6, 6.07) is -1.29. The predicted octanol–water partition coefficient (Wildman–Crippen LogP) is -1.56. The lowest BCUT2D eigenvalue weighted by Gasteiger charge is -2.50. The van der Waals surface area contributed by atoms with Crippen LogP contribution in [0.4, 0.5) is 5.13 Å². The van der Waals surface area contributed by atoms with Crippen molar-refractivity contribution in [3.63, 3.8) is 0 Å². The monoisotopic (exact) mass is 421 g/mol. The van der Waals surface area contributed by atoms with Crippen molar-refractivity contribution in [1.82, 2.24) is 14.6 Å². The number of hydrogen-bond acceptors (Lipinski definition) is 10. The van der Waals surface area contributed by atoms with E-state index in [1.165, 1.54) is 20.0 Å². The van der Waals surface area contributed by atoms with Crippen LogP contribution in [0.2, 0.25) is 0 Å². The molecule has 2 amide bonds. The van der Waals surface area contributed by atoms with Crippen molar-refractivity contribution in [3.8, 4) is 0 Å². The van der Waals surface area contributed by atoms with Crippen molar-refractivity contribution < 1.29 is 37.3 Å². The number of hydrogen-bond donors (Lipinski definition) is 4. The number of carbonyl (C=O) groups is 3. The summed E-state index contributed by atoms with van der Waals surface area (Å²) in [5.41, 5.74) is 3.65. The summed E-state index contributed by atoms with van der Waals surface area (Å²) in [6.45, 7) is 1.81. The highest BCUT2D eigenvalue weighted by atomic mass is 32.2. The summed E-state index contributed by atoms with van der Waals surface area (Å²) in [5, 5.41) is 14.4. The molecule has 1 aliphatic heterocycles. The number of rotatable bonds is 7. The van der Waals surface area contributed by atoms with E-state index in [-0.39, 0.29) is 14.3 Å². The molecule has 0 aromatic carbocycles. The van der Waals surface area contributed by atoms with E-state index >= 15 is 0 Å². The van der Waals surface area contributed by atoms with Crippen molar-refractivity contribution in [3.05, 3.63) is 11.1 Å². The van der Waals surface area contributed by atoms with Crippen LogP contribution < -0.4 is 11.1 Å². The third kappa shape index (κ3) is 4.15. The second-order valence-electron chi connectivity index (χ2n) is 5.81. The van der Waals surface area contributed by atoms with Gasteiger partial charge >= 0.3 is 16.3 Å². The van der Waals surface area contributed by atoms with E-state index in [1.54, 1.807) is 0 Å². The number of anilines is 1. The van der Waals surface area contributed by atoms with E-state index in [0.29, 0.717) is 0 Å². The van der Waals surface area contributed by atoms with Crippen LogP contribution in [-0.4, -0.2) is 69.0 Å². The highest BCUT2D eigenvalue weighted by molar-refractivity contribution is 7.84. The zero-order valence-electron chi connectivity index (χ0n) is 13.9. The maximum Gasteiger partial charge on any atom is 0.362 e. The van der Waals surface area contributed by atoms with E-state index in [1.807, 2.05) is 0 Å². The number of oxime groups is 1. The fraction of sp³-hybridized carbons (Fsp3) is 0.417. The summed E-state index contributed by atoms with van der Waals surface area (Å²) in [7, 11) is -4.80. The molecule has 0 radical (unpaired) electrons. The van der Waals surface area contributed by atoms with Crippen LogP contribution in [0.3, 0.4) is 0 Å². The summed E-state index contributed by atoms with van der Waals surface area (Å²) in [6.07, 6.45) is 1.20. The van der Waals surface area contributed by atoms with Gasteiger partial charge in [0.25, 0.3) is 11.8 Å². The first-order valence-electron chi connectivity index (χ1n) is 7.11. The molecule has 1 aromatic rings. The molecule has 0 saturated carbocycles. The molecule has 148 valence electrons. The maximum atomic E-state index is 12.5. The minimum absolute atomic E-state index is 0.0985. The second-order valence-corrected chi connectivity index (χ2v) is 8.13. The lowest BCUT2D eigenvalue weighted by molar-refractivity contribution is -0.151. The Morgan fingerprint density at radius 3 is 2.59 bits per heavy atom. The van der Waals surface area contributed by atoms with E-state index in [9.17, 15) is 22.8 Å². The van der Waals surface area contributed by atoms with Gasteiger partial charge in [-0.15, -0.1) is 0 Å².